The van der Waals surface area contributed by atoms with Crippen molar-refractivity contribution in [1.82, 2.24) is 0 Å². The van der Waals surface area contributed by atoms with Gasteiger partial charge in [0.1, 0.15) is 0 Å². The number of rotatable bonds is 19. The molecule has 0 aromatic carbocycles. The standard InChI is InChI=1S/C20H42O4/c1-5-19(3)9-7-11-21-13-15-23-17-18-24-16-14-22-12-8-10-20(4)6-2/h19-20H,5-18H2,1-4H3. The lowest BCUT2D eigenvalue weighted by Crippen LogP contribution is -2.12. The Morgan fingerprint density at radius 3 is 1.08 bits per heavy atom. The fraction of sp³-hybridized carbons (Fsp3) is 1.00. The summed E-state index contributed by atoms with van der Waals surface area (Å²) in [6.07, 6.45) is 7.32. The zero-order valence-corrected chi connectivity index (χ0v) is 16.7. The Kier molecular flexibility index (Phi) is 19.0. The summed E-state index contributed by atoms with van der Waals surface area (Å²) < 4.78 is 22.1. The van der Waals surface area contributed by atoms with E-state index in [0.717, 1.165) is 37.9 Å². The molecule has 0 bridgehead atoms. The SMILES string of the molecule is CCC(C)CCCOCCOCCOCCOCCCC(C)CC. The Balaban J connectivity index is 3.03. The minimum absolute atomic E-state index is 0.629. The minimum atomic E-state index is 0.629. The fourth-order valence-electron chi connectivity index (χ4n) is 2.24. The largest absolute Gasteiger partial charge is 0.379 e. The second kappa shape index (κ2) is 19.2. The molecular formula is C20H42O4. The minimum Gasteiger partial charge on any atom is -0.379 e. The van der Waals surface area contributed by atoms with E-state index in [2.05, 4.69) is 27.7 Å². The van der Waals surface area contributed by atoms with Gasteiger partial charge in [-0.2, -0.15) is 0 Å². The van der Waals surface area contributed by atoms with Crippen molar-refractivity contribution in [2.45, 2.75) is 66.2 Å². The molecule has 4 heteroatoms. The molecule has 0 aliphatic carbocycles. The smallest absolute Gasteiger partial charge is 0.0701 e. The maximum atomic E-state index is 5.55. The Bertz CT molecular complexity index is 212. The molecular weight excluding hydrogens is 304 g/mol. The van der Waals surface area contributed by atoms with Crippen molar-refractivity contribution in [3.05, 3.63) is 0 Å². The molecule has 0 rings (SSSR count). The van der Waals surface area contributed by atoms with E-state index in [9.17, 15) is 0 Å². The molecule has 0 spiro atoms. The van der Waals surface area contributed by atoms with Crippen LogP contribution in [0.25, 0.3) is 0 Å². The van der Waals surface area contributed by atoms with Gasteiger partial charge in [0.25, 0.3) is 0 Å². The Hall–Kier alpha value is -0.160. The summed E-state index contributed by atoms with van der Waals surface area (Å²) in [5, 5.41) is 0. The van der Waals surface area contributed by atoms with Gasteiger partial charge in [-0.25, -0.2) is 0 Å². The van der Waals surface area contributed by atoms with E-state index in [1.165, 1.54) is 25.7 Å². The zero-order valence-electron chi connectivity index (χ0n) is 16.7. The Morgan fingerprint density at radius 1 is 0.500 bits per heavy atom. The number of ether oxygens (including phenoxy) is 4. The lowest BCUT2D eigenvalue weighted by molar-refractivity contribution is -0.00284. The van der Waals surface area contributed by atoms with E-state index in [4.69, 9.17) is 18.9 Å². The molecule has 146 valence electrons. The highest BCUT2D eigenvalue weighted by Gasteiger charge is 1.99. The van der Waals surface area contributed by atoms with Crippen LogP contribution in [-0.4, -0.2) is 52.9 Å². The van der Waals surface area contributed by atoms with Crippen LogP contribution in [0, 0.1) is 11.8 Å². The third kappa shape index (κ3) is 18.2. The van der Waals surface area contributed by atoms with Gasteiger partial charge in [0.05, 0.1) is 39.6 Å². The normalized spacial score (nSPS) is 14.0. The first-order chi connectivity index (χ1) is 11.7. The van der Waals surface area contributed by atoms with Crippen molar-refractivity contribution in [2.75, 3.05) is 52.9 Å². The van der Waals surface area contributed by atoms with E-state index in [1.54, 1.807) is 0 Å². The molecule has 0 radical (unpaired) electrons. The highest BCUT2D eigenvalue weighted by molar-refractivity contribution is 4.50. The van der Waals surface area contributed by atoms with Gasteiger partial charge in [-0.05, 0) is 37.5 Å². The van der Waals surface area contributed by atoms with Crippen molar-refractivity contribution in [3.63, 3.8) is 0 Å². The molecule has 24 heavy (non-hydrogen) atoms. The van der Waals surface area contributed by atoms with Crippen LogP contribution >= 0.6 is 0 Å². The third-order valence-electron chi connectivity index (χ3n) is 4.48. The van der Waals surface area contributed by atoms with Crippen LogP contribution in [0.3, 0.4) is 0 Å². The van der Waals surface area contributed by atoms with Gasteiger partial charge in [0.2, 0.25) is 0 Å². The van der Waals surface area contributed by atoms with E-state index in [1.807, 2.05) is 0 Å². The average Bonchev–Trinajstić information content (AvgIpc) is 2.60. The first kappa shape index (κ1) is 23.8. The second-order valence-corrected chi connectivity index (χ2v) is 6.76. The van der Waals surface area contributed by atoms with Crippen LogP contribution in [-0.2, 0) is 18.9 Å². The molecule has 0 aliphatic heterocycles. The Labute approximate surface area is 150 Å². The van der Waals surface area contributed by atoms with E-state index in [-0.39, 0.29) is 0 Å². The van der Waals surface area contributed by atoms with Crippen LogP contribution in [0.2, 0.25) is 0 Å². The molecule has 2 atom stereocenters. The molecule has 0 saturated heterocycles. The monoisotopic (exact) mass is 346 g/mol. The summed E-state index contributed by atoms with van der Waals surface area (Å²) in [5.41, 5.74) is 0. The molecule has 4 nitrogen and oxygen atoms in total. The van der Waals surface area contributed by atoms with Gasteiger partial charge >= 0.3 is 0 Å². The van der Waals surface area contributed by atoms with Crippen LogP contribution < -0.4 is 0 Å². The van der Waals surface area contributed by atoms with E-state index >= 15 is 0 Å². The molecule has 0 aromatic rings. The molecule has 0 heterocycles. The van der Waals surface area contributed by atoms with Gasteiger partial charge in [0.15, 0.2) is 0 Å². The van der Waals surface area contributed by atoms with E-state index in [0.29, 0.717) is 39.6 Å². The van der Waals surface area contributed by atoms with Gasteiger partial charge < -0.3 is 18.9 Å². The van der Waals surface area contributed by atoms with Gasteiger partial charge in [0, 0.05) is 13.2 Å². The number of hydrogen-bond donors (Lipinski definition) is 0. The van der Waals surface area contributed by atoms with Gasteiger partial charge in [-0.3, -0.25) is 0 Å². The van der Waals surface area contributed by atoms with Crippen molar-refractivity contribution >= 4 is 0 Å². The summed E-state index contributed by atoms with van der Waals surface area (Å²) in [6.45, 7) is 14.7. The quantitative estimate of drug-likeness (QED) is 0.318. The summed E-state index contributed by atoms with van der Waals surface area (Å²) in [4.78, 5) is 0. The van der Waals surface area contributed by atoms with E-state index < -0.39 is 0 Å². The molecule has 0 aliphatic rings. The highest BCUT2D eigenvalue weighted by atomic mass is 16.6. The van der Waals surface area contributed by atoms with Crippen LogP contribution in [0.5, 0.6) is 0 Å². The fourth-order valence-corrected chi connectivity index (χ4v) is 2.24. The van der Waals surface area contributed by atoms with Crippen molar-refractivity contribution in [1.29, 1.82) is 0 Å². The summed E-state index contributed by atoms with van der Waals surface area (Å²) >= 11 is 0. The molecule has 0 amide bonds. The molecule has 0 saturated carbocycles. The predicted molar refractivity (Wildman–Crippen MR) is 101 cm³/mol. The molecule has 0 N–H and O–H groups in total. The first-order valence-corrected chi connectivity index (χ1v) is 10.0. The predicted octanol–water partition coefficient (Wildman–Crippen LogP) is 4.71. The van der Waals surface area contributed by atoms with Gasteiger partial charge in [-0.15, -0.1) is 0 Å². The average molecular weight is 347 g/mol. The van der Waals surface area contributed by atoms with Crippen molar-refractivity contribution in [2.24, 2.45) is 11.8 Å². The number of hydrogen-bond acceptors (Lipinski definition) is 4. The van der Waals surface area contributed by atoms with Crippen molar-refractivity contribution < 1.29 is 18.9 Å². The van der Waals surface area contributed by atoms with Crippen LogP contribution in [0.4, 0.5) is 0 Å². The van der Waals surface area contributed by atoms with Crippen LogP contribution in [0.15, 0.2) is 0 Å². The maximum absolute atomic E-state index is 5.55. The van der Waals surface area contributed by atoms with Gasteiger partial charge in [-0.1, -0.05) is 40.5 Å². The lowest BCUT2D eigenvalue weighted by Gasteiger charge is -2.09. The van der Waals surface area contributed by atoms with Crippen LogP contribution in [0.1, 0.15) is 66.2 Å². The topological polar surface area (TPSA) is 36.9 Å². The zero-order chi connectivity index (χ0) is 17.9. The lowest BCUT2D eigenvalue weighted by atomic mass is 10.0. The first-order valence-electron chi connectivity index (χ1n) is 10.0. The summed E-state index contributed by atoms with van der Waals surface area (Å²) in [7, 11) is 0. The summed E-state index contributed by atoms with van der Waals surface area (Å²) in [6, 6.07) is 0. The molecule has 2 unspecified atom stereocenters. The summed E-state index contributed by atoms with van der Waals surface area (Å²) in [5.74, 6) is 1.62. The maximum Gasteiger partial charge on any atom is 0.0701 e. The molecule has 0 fully saturated rings. The van der Waals surface area contributed by atoms with Crippen molar-refractivity contribution in [3.8, 4) is 0 Å². The highest BCUT2D eigenvalue weighted by Crippen LogP contribution is 2.09. The second-order valence-electron chi connectivity index (χ2n) is 6.76. The molecule has 0 aromatic heterocycles. The third-order valence-corrected chi connectivity index (χ3v) is 4.48. The Morgan fingerprint density at radius 2 is 0.792 bits per heavy atom.